The van der Waals surface area contributed by atoms with Crippen LogP contribution in [-0.2, 0) is 21.7 Å². The number of hydrogen-bond donors (Lipinski definition) is 1. The highest BCUT2D eigenvalue weighted by Gasteiger charge is 2.13. The molecule has 0 aliphatic carbocycles. The van der Waals surface area contributed by atoms with Gasteiger partial charge >= 0.3 is 0 Å². The molecule has 3 nitrogen and oxygen atoms in total. The van der Waals surface area contributed by atoms with E-state index in [9.17, 15) is 8.42 Å². The summed E-state index contributed by atoms with van der Waals surface area (Å²) < 4.78 is 26.7. The van der Waals surface area contributed by atoms with Crippen molar-refractivity contribution >= 4 is 27.3 Å². The maximum atomic E-state index is 12.1. The van der Waals surface area contributed by atoms with E-state index in [0.29, 0.717) is 5.69 Å². The highest BCUT2D eigenvalue weighted by molar-refractivity contribution is 7.91. The molecule has 0 saturated carbocycles. The molecule has 0 heterocycles. The lowest BCUT2D eigenvalue weighted by Crippen LogP contribution is -2.16. The number of para-hydroxylation sites is 1. The average Bonchev–Trinajstić information content (AvgIpc) is 2.39. The maximum Gasteiger partial charge on any atom is 0.236 e. The minimum absolute atomic E-state index is 0.0511. The van der Waals surface area contributed by atoms with Crippen molar-refractivity contribution in [2.24, 2.45) is 0 Å². The molecule has 19 heavy (non-hydrogen) atoms. The van der Waals surface area contributed by atoms with Crippen molar-refractivity contribution in [3.63, 3.8) is 0 Å². The van der Waals surface area contributed by atoms with E-state index in [4.69, 9.17) is 11.6 Å². The standard InChI is InChI=1S/C14H14ClNO2S/c15-10-13-8-4-5-9-14(13)16-19(17,18)11-12-6-2-1-3-7-12/h1-9,16H,10-11H2. The highest BCUT2D eigenvalue weighted by atomic mass is 35.5. The van der Waals surface area contributed by atoms with Crippen LogP contribution in [0.3, 0.4) is 0 Å². The van der Waals surface area contributed by atoms with Gasteiger partial charge in [0.2, 0.25) is 10.0 Å². The largest absolute Gasteiger partial charge is 0.283 e. The van der Waals surface area contributed by atoms with E-state index in [1.165, 1.54) is 0 Å². The summed E-state index contributed by atoms with van der Waals surface area (Å²) in [6.07, 6.45) is 0. The van der Waals surface area contributed by atoms with Gasteiger partial charge in [-0.15, -0.1) is 11.6 Å². The number of hydrogen-bond acceptors (Lipinski definition) is 2. The van der Waals surface area contributed by atoms with Gasteiger partial charge in [-0.05, 0) is 17.2 Å². The van der Waals surface area contributed by atoms with Crippen LogP contribution in [0.4, 0.5) is 5.69 Å². The van der Waals surface area contributed by atoms with Crippen LogP contribution in [0.2, 0.25) is 0 Å². The fraction of sp³-hybridized carbons (Fsp3) is 0.143. The van der Waals surface area contributed by atoms with E-state index in [0.717, 1.165) is 11.1 Å². The van der Waals surface area contributed by atoms with Gasteiger partial charge in [0.25, 0.3) is 0 Å². The van der Waals surface area contributed by atoms with Crippen LogP contribution >= 0.6 is 11.6 Å². The molecule has 0 saturated heterocycles. The Kier molecular flexibility index (Phi) is 4.45. The smallest absolute Gasteiger partial charge is 0.236 e. The second kappa shape index (κ2) is 6.08. The number of rotatable bonds is 5. The Labute approximate surface area is 118 Å². The molecule has 0 amide bonds. The third kappa shape index (κ3) is 3.98. The minimum atomic E-state index is -3.43. The summed E-state index contributed by atoms with van der Waals surface area (Å²) in [5, 5.41) is 0. The first-order valence-corrected chi connectivity index (χ1v) is 7.98. The molecule has 0 atom stereocenters. The molecule has 2 rings (SSSR count). The Morgan fingerprint density at radius 3 is 2.26 bits per heavy atom. The first kappa shape index (κ1) is 13.9. The van der Waals surface area contributed by atoms with Crippen LogP contribution in [-0.4, -0.2) is 8.42 Å². The summed E-state index contributed by atoms with van der Waals surface area (Å²) in [4.78, 5) is 0. The van der Waals surface area contributed by atoms with E-state index in [1.807, 2.05) is 24.3 Å². The van der Waals surface area contributed by atoms with Gasteiger partial charge in [-0.3, -0.25) is 4.72 Å². The fourth-order valence-corrected chi connectivity index (χ4v) is 3.20. The maximum absolute atomic E-state index is 12.1. The van der Waals surface area contributed by atoms with Crippen molar-refractivity contribution in [2.45, 2.75) is 11.6 Å². The second-order valence-electron chi connectivity index (χ2n) is 4.14. The van der Waals surface area contributed by atoms with Crippen molar-refractivity contribution in [1.29, 1.82) is 0 Å². The third-order valence-electron chi connectivity index (χ3n) is 2.63. The molecule has 2 aromatic rings. The molecule has 5 heteroatoms. The lowest BCUT2D eigenvalue weighted by Gasteiger charge is -2.11. The summed E-state index contributed by atoms with van der Waals surface area (Å²) in [6, 6.07) is 16.2. The molecule has 0 fully saturated rings. The molecule has 1 N–H and O–H groups in total. The van der Waals surface area contributed by atoms with Crippen molar-refractivity contribution in [3.05, 3.63) is 65.7 Å². The van der Waals surface area contributed by atoms with Crippen molar-refractivity contribution in [2.75, 3.05) is 4.72 Å². The summed E-state index contributed by atoms with van der Waals surface area (Å²) in [7, 11) is -3.43. The monoisotopic (exact) mass is 295 g/mol. The van der Waals surface area contributed by atoms with E-state index in [-0.39, 0.29) is 11.6 Å². The van der Waals surface area contributed by atoms with Crippen LogP contribution < -0.4 is 4.72 Å². The van der Waals surface area contributed by atoms with Crippen molar-refractivity contribution < 1.29 is 8.42 Å². The number of alkyl halides is 1. The van der Waals surface area contributed by atoms with Gasteiger partial charge in [-0.1, -0.05) is 48.5 Å². The SMILES string of the molecule is O=S(=O)(Cc1ccccc1)Nc1ccccc1CCl. The lowest BCUT2D eigenvalue weighted by atomic mass is 10.2. The normalized spacial score (nSPS) is 11.2. The lowest BCUT2D eigenvalue weighted by molar-refractivity contribution is 0.600. The zero-order valence-corrected chi connectivity index (χ0v) is 11.8. The topological polar surface area (TPSA) is 46.2 Å². The number of nitrogens with one attached hydrogen (secondary N) is 1. The molecular formula is C14H14ClNO2S. The van der Waals surface area contributed by atoms with Crippen LogP contribution in [0.5, 0.6) is 0 Å². The van der Waals surface area contributed by atoms with E-state index in [2.05, 4.69) is 4.72 Å². The third-order valence-corrected chi connectivity index (χ3v) is 4.16. The molecule has 0 aromatic heterocycles. The quantitative estimate of drug-likeness (QED) is 0.860. The molecule has 0 spiro atoms. The van der Waals surface area contributed by atoms with Crippen LogP contribution in [0, 0.1) is 0 Å². The Morgan fingerprint density at radius 1 is 0.947 bits per heavy atom. The summed E-state index contributed by atoms with van der Waals surface area (Å²) in [6.45, 7) is 0. The average molecular weight is 296 g/mol. The highest BCUT2D eigenvalue weighted by Crippen LogP contribution is 2.19. The van der Waals surface area contributed by atoms with E-state index < -0.39 is 10.0 Å². The van der Waals surface area contributed by atoms with E-state index in [1.54, 1.807) is 30.3 Å². The summed E-state index contributed by atoms with van der Waals surface area (Å²) >= 11 is 5.79. The van der Waals surface area contributed by atoms with Crippen molar-refractivity contribution in [3.8, 4) is 0 Å². The molecule has 2 aromatic carbocycles. The molecule has 0 bridgehead atoms. The van der Waals surface area contributed by atoms with Crippen LogP contribution in [0.25, 0.3) is 0 Å². The first-order valence-electron chi connectivity index (χ1n) is 5.79. The Balaban J connectivity index is 2.18. The summed E-state index contributed by atoms with van der Waals surface area (Å²) in [5.74, 6) is 0.217. The zero-order valence-electron chi connectivity index (χ0n) is 10.2. The van der Waals surface area contributed by atoms with Gasteiger partial charge in [-0.2, -0.15) is 0 Å². The van der Waals surface area contributed by atoms with Crippen LogP contribution in [0.15, 0.2) is 54.6 Å². The first-order chi connectivity index (χ1) is 9.11. The zero-order chi connectivity index (χ0) is 13.7. The second-order valence-corrected chi connectivity index (χ2v) is 6.13. The predicted molar refractivity (Wildman–Crippen MR) is 78.7 cm³/mol. The van der Waals surface area contributed by atoms with Gasteiger partial charge in [0.05, 0.1) is 11.4 Å². The Hall–Kier alpha value is -1.52. The molecule has 100 valence electrons. The number of halogens is 1. The van der Waals surface area contributed by atoms with Crippen molar-refractivity contribution in [1.82, 2.24) is 0 Å². The minimum Gasteiger partial charge on any atom is -0.283 e. The molecule has 0 aliphatic heterocycles. The van der Waals surface area contributed by atoms with Crippen LogP contribution in [0.1, 0.15) is 11.1 Å². The van der Waals surface area contributed by atoms with Gasteiger partial charge in [0.1, 0.15) is 0 Å². The van der Waals surface area contributed by atoms with Gasteiger partial charge in [0, 0.05) is 5.88 Å². The molecule has 0 radical (unpaired) electrons. The summed E-state index contributed by atoms with van der Waals surface area (Å²) in [5.41, 5.74) is 2.05. The van der Waals surface area contributed by atoms with Gasteiger partial charge < -0.3 is 0 Å². The van der Waals surface area contributed by atoms with Gasteiger partial charge in [0.15, 0.2) is 0 Å². The number of benzene rings is 2. The Bertz CT molecular complexity index is 642. The molecule has 0 aliphatic rings. The molecule has 0 unspecified atom stereocenters. The van der Waals surface area contributed by atoms with E-state index >= 15 is 0 Å². The predicted octanol–water partition coefficient (Wildman–Crippen LogP) is 3.37. The van der Waals surface area contributed by atoms with Gasteiger partial charge in [-0.25, -0.2) is 8.42 Å². The molecular weight excluding hydrogens is 282 g/mol. The number of sulfonamides is 1. The Morgan fingerprint density at radius 2 is 1.58 bits per heavy atom. The fourth-order valence-electron chi connectivity index (χ4n) is 1.73. The number of anilines is 1.